The van der Waals surface area contributed by atoms with Gasteiger partial charge in [0.1, 0.15) is 5.60 Å². The molecule has 0 heterocycles. The predicted molar refractivity (Wildman–Crippen MR) is 45.2 cm³/mol. The molecule has 1 aliphatic rings. The van der Waals surface area contributed by atoms with Gasteiger partial charge in [-0.15, -0.1) is 0 Å². The molecule has 1 amide bonds. The number of alkyl carbamates (subject to hydrolysis) is 1. The van der Waals surface area contributed by atoms with Gasteiger partial charge in [-0.3, -0.25) is 0 Å². The normalized spacial score (nSPS) is 23.1. The van der Waals surface area contributed by atoms with Crippen molar-refractivity contribution in [3.05, 3.63) is 0 Å². The molecule has 5 nitrogen and oxygen atoms in total. The fourth-order valence-corrected chi connectivity index (χ4v) is 1.32. The number of carbonyl (C=O) groups excluding carboxylic acids is 1. The Balaban J connectivity index is 2.62. The zero-order valence-corrected chi connectivity index (χ0v) is 7.83. The topological polar surface area (TPSA) is 78.8 Å². The molecule has 0 spiro atoms. The number of ether oxygens (including phenoxy) is 1. The first-order chi connectivity index (χ1) is 5.97. The van der Waals surface area contributed by atoms with Crippen LogP contribution < -0.4 is 5.32 Å². The summed E-state index contributed by atoms with van der Waals surface area (Å²) in [5.74, 6) is 0. The molecule has 0 saturated heterocycles. The van der Waals surface area contributed by atoms with Crippen LogP contribution in [0.2, 0.25) is 0 Å². The van der Waals surface area contributed by atoms with E-state index in [1.807, 2.05) is 0 Å². The van der Waals surface area contributed by atoms with Crippen molar-refractivity contribution in [1.29, 1.82) is 0 Å². The molecule has 1 rings (SSSR count). The lowest BCUT2D eigenvalue weighted by Crippen LogP contribution is -2.55. The van der Waals surface area contributed by atoms with Gasteiger partial charge >= 0.3 is 6.09 Å². The number of hydrogen-bond donors (Lipinski definition) is 3. The fraction of sp³-hybridized carbons (Fsp3) is 0.875. The maximum Gasteiger partial charge on any atom is 0.407 e. The van der Waals surface area contributed by atoms with Crippen molar-refractivity contribution in [2.24, 2.45) is 0 Å². The van der Waals surface area contributed by atoms with Gasteiger partial charge in [0.05, 0.1) is 19.3 Å². The average molecular weight is 189 g/mol. The maximum absolute atomic E-state index is 10.9. The summed E-state index contributed by atoms with van der Waals surface area (Å²) in [6.45, 7) is 1.12. The van der Waals surface area contributed by atoms with Gasteiger partial charge in [-0.2, -0.15) is 0 Å². The Morgan fingerprint density at radius 3 is 2.54 bits per heavy atom. The van der Waals surface area contributed by atoms with Crippen molar-refractivity contribution in [2.45, 2.75) is 30.9 Å². The first-order valence-electron chi connectivity index (χ1n) is 4.17. The summed E-state index contributed by atoms with van der Waals surface area (Å²) in [5, 5.41) is 21.2. The molecule has 1 unspecified atom stereocenters. The van der Waals surface area contributed by atoms with E-state index in [1.54, 1.807) is 0 Å². The number of amides is 1. The van der Waals surface area contributed by atoms with E-state index in [-0.39, 0.29) is 6.61 Å². The van der Waals surface area contributed by atoms with Gasteiger partial charge in [-0.05, 0) is 19.8 Å². The van der Waals surface area contributed by atoms with E-state index in [1.165, 1.54) is 14.0 Å². The first kappa shape index (κ1) is 10.3. The molecular formula is C8H15NO4. The lowest BCUT2D eigenvalue weighted by Gasteiger charge is -2.31. The predicted octanol–water partition coefficient (Wildman–Crippen LogP) is -0.382. The smallest absolute Gasteiger partial charge is 0.407 e. The van der Waals surface area contributed by atoms with Crippen LogP contribution in [0, 0.1) is 0 Å². The number of carbonyl (C=O) groups is 1. The van der Waals surface area contributed by atoms with E-state index >= 15 is 0 Å². The summed E-state index contributed by atoms with van der Waals surface area (Å²) in [4.78, 5) is 10.9. The largest absolute Gasteiger partial charge is 0.453 e. The van der Waals surface area contributed by atoms with Crippen LogP contribution in [0.25, 0.3) is 0 Å². The SMILES string of the molecule is COC(=O)NC1(C(C)(O)CO)CC1. The maximum atomic E-state index is 10.9. The molecule has 1 atom stereocenters. The van der Waals surface area contributed by atoms with Gasteiger partial charge < -0.3 is 20.3 Å². The van der Waals surface area contributed by atoms with Crippen LogP contribution in [0.1, 0.15) is 19.8 Å². The highest BCUT2D eigenvalue weighted by molar-refractivity contribution is 5.69. The Morgan fingerprint density at radius 1 is 1.69 bits per heavy atom. The third-order valence-corrected chi connectivity index (χ3v) is 2.62. The Bertz CT molecular complexity index is 210. The summed E-state index contributed by atoms with van der Waals surface area (Å²) in [6.07, 6.45) is 0.747. The van der Waals surface area contributed by atoms with Crippen LogP contribution in [0.4, 0.5) is 4.79 Å². The Labute approximate surface area is 76.7 Å². The second-order valence-electron chi connectivity index (χ2n) is 3.63. The van der Waals surface area contributed by atoms with Gasteiger partial charge in [0.25, 0.3) is 0 Å². The minimum atomic E-state index is -1.28. The molecular weight excluding hydrogens is 174 g/mol. The van der Waals surface area contributed by atoms with Gasteiger partial charge in [-0.25, -0.2) is 4.79 Å². The number of aliphatic hydroxyl groups is 2. The van der Waals surface area contributed by atoms with Crippen LogP contribution in [-0.2, 0) is 4.74 Å². The molecule has 0 radical (unpaired) electrons. The van der Waals surface area contributed by atoms with Crippen molar-refractivity contribution in [3.8, 4) is 0 Å². The molecule has 13 heavy (non-hydrogen) atoms. The molecule has 1 fully saturated rings. The van der Waals surface area contributed by atoms with E-state index < -0.39 is 17.2 Å². The highest BCUT2D eigenvalue weighted by Gasteiger charge is 2.57. The fourth-order valence-electron chi connectivity index (χ4n) is 1.32. The van der Waals surface area contributed by atoms with E-state index in [0.29, 0.717) is 12.8 Å². The number of methoxy groups -OCH3 is 1. The van der Waals surface area contributed by atoms with Crippen molar-refractivity contribution in [3.63, 3.8) is 0 Å². The van der Waals surface area contributed by atoms with Crippen molar-refractivity contribution >= 4 is 6.09 Å². The molecule has 0 aromatic carbocycles. The minimum absolute atomic E-state index is 0.378. The number of rotatable bonds is 3. The molecule has 0 aromatic rings. The van der Waals surface area contributed by atoms with Gasteiger partial charge in [0.2, 0.25) is 0 Å². The standard InChI is InChI=1S/C8H15NO4/c1-7(12,5-10)8(3-4-8)9-6(11)13-2/h10,12H,3-5H2,1-2H3,(H,9,11). The van der Waals surface area contributed by atoms with Crippen LogP contribution >= 0.6 is 0 Å². The van der Waals surface area contributed by atoms with Crippen molar-refractivity contribution < 1.29 is 19.7 Å². The molecule has 0 bridgehead atoms. The van der Waals surface area contributed by atoms with Gasteiger partial charge in [0.15, 0.2) is 0 Å². The van der Waals surface area contributed by atoms with Crippen molar-refractivity contribution in [2.75, 3.05) is 13.7 Å². The number of hydrogen-bond acceptors (Lipinski definition) is 4. The molecule has 0 aromatic heterocycles. The van der Waals surface area contributed by atoms with Crippen molar-refractivity contribution in [1.82, 2.24) is 5.32 Å². The average Bonchev–Trinajstić information content (AvgIpc) is 2.86. The van der Waals surface area contributed by atoms with Crippen LogP contribution in [0.3, 0.4) is 0 Å². The number of nitrogens with one attached hydrogen (secondary N) is 1. The zero-order chi connectivity index (χ0) is 10.1. The monoisotopic (exact) mass is 189 g/mol. The zero-order valence-electron chi connectivity index (χ0n) is 7.83. The van der Waals surface area contributed by atoms with Gasteiger partial charge in [-0.1, -0.05) is 0 Å². The molecule has 1 saturated carbocycles. The van der Waals surface area contributed by atoms with Gasteiger partial charge in [0, 0.05) is 0 Å². The summed E-state index contributed by atoms with van der Waals surface area (Å²) in [7, 11) is 1.26. The summed E-state index contributed by atoms with van der Waals surface area (Å²) in [5.41, 5.74) is -1.98. The highest BCUT2D eigenvalue weighted by atomic mass is 16.5. The second-order valence-corrected chi connectivity index (χ2v) is 3.63. The summed E-state index contributed by atoms with van der Waals surface area (Å²) >= 11 is 0. The van der Waals surface area contributed by atoms with Crippen LogP contribution in [0.15, 0.2) is 0 Å². The summed E-state index contributed by atoms with van der Waals surface area (Å²) < 4.78 is 4.42. The summed E-state index contributed by atoms with van der Waals surface area (Å²) in [6, 6.07) is 0. The van der Waals surface area contributed by atoms with E-state index in [4.69, 9.17) is 5.11 Å². The minimum Gasteiger partial charge on any atom is -0.453 e. The van der Waals surface area contributed by atoms with E-state index in [2.05, 4.69) is 10.1 Å². The number of aliphatic hydroxyl groups excluding tert-OH is 1. The Hall–Kier alpha value is -0.810. The molecule has 5 heteroatoms. The lowest BCUT2D eigenvalue weighted by molar-refractivity contribution is -0.0377. The van der Waals surface area contributed by atoms with E-state index in [0.717, 1.165) is 0 Å². The third-order valence-electron chi connectivity index (χ3n) is 2.62. The quantitative estimate of drug-likeness (QED) is 0.565. The van der Waals surface area contributed by atoms with E-state index in [9.17, 15) is 9.90 Å². The molecule has 76 valence electrons. The molecule has 0 aliphatic heterocycles. The Morgan fingerprint density at radius 2 is 2.23 bits per heavy atom. The second kappa shape index (κ2) is 3.16. The highest BCUT2D eigenvalue weighted by Crippen LogP contribution is 2.44. The molecule has 3 N–H and O–H groups in total. The first-order valence-corrected chi connectivity index (χ1v) is 4.17. The lowest BCUT2D eigenvalue weighted by atomic mass is 9.95. The Kier molecular flexibility index (Phi) is 2.49. The molecule has 1 aliphatic carbocycles. The van der Waals surface area contributed by atoms with Crippen LogP contribution in [-0.4, -0.2) is 41.2 Å². The van der Waals surface area contributed by atoms with Crippen LogP contribution in [0.5, 0.6) is 0 Å². The third kappa shape index (κ3) is 1.76.